The Balaban J connectivity index is 1.44. The maximum absolute atomic E-state index is 13.7. The maximum Gasteiger partial charge on any atom is 0.277 e. The molecule has 0 aliphatic carbocycles. The van der Waals surface area contributed by atoms with Crippen LogP contribution in [0, 0.1) is 5.82 Å². The van der Waals surface area contributed by atoms with E-state index in [2.05, 4.69) is 15.3 Å². The fraction of sp³-hybridized carbons (Fsp3) is 0.320. The Kier molecular flexibility index (Phi) is 5.92. The molecule has 1 saturated heterocycles. The largest absolute Gasteiger partial charge is 0.352 e. The topological polar surface area (TPSA) is 71.6 Å². The van der Waals surface area contributed by atoms with Crippen molar-refractivity contribution in [2.75, 3.05) is 26.2 Å². The zero-order valence-electron chi connectivity index (χ0n) is 18.3. The average Bonchev–Trinajstić information content (AvgIpc) is 3.51. The molecular weight excluding hydrogens is 421 g/mol. The molecule has 7 nitrogen and oxygen atoms in total. The molecule has 1 N–H and O–H groups in total. The standard InChI is InChI=1S/C25H26FN5O2/c26-20-6-3-5-18(15-20)17-30-23-16-19(24(32)27-10-4-14-29-12-1-2-13-29)7-8-21(23)31-22(25(30)33)9-11-28-31/h3,5-9,11,15-16H,1-2,4,10,12-14,17H2,(H,27,32). The summed E-state index contributed by atoms with van der Waals surface area (Å²) in [6, 6.07) is 13.1. The third-order valence-electron chi connectivity index (χ3n) is 6.23. The van der Waals surface area contributed by atoms with E-state index in [1.807, 2.05) is 0 Å². The fourth-order valence-corrected chi connectivity index (χ4v) is 4.55. The predicted molar refractivity (Wildman–Crippen MR) is 125 cm³/mol. The van der Waals surface area contributed by atoms with Crippen LogP contribution in [0.5, 0.6) is 0 Å². The lowest BCUT2D eigenvalue weighted by atomic mass is 10.1. The smallest absolute Gasteiger partial charge is 0.277 e. The monoisotopic (exact) mass is 447 g/mol. The molecule has 1 fully saturated rings. The number of amides is 1. The van der Waals surface area contributed by atoms with Crippen molar-refractivity contribution in [1.82, 2.24) is 24.4 Å². The highest BCUT2D eigenvalue weighted by atomic mass is 19.1. The molecule has 0 unspecified atom stereocenters. The van der Waals surface area contributed by atoms with Crippen molar-refractivity contribution in [1.29, 1.82) is 0 Å². The van der Waals surface area contributed by atoms with Crippen LogP contribution in [-0.4, -0.2) is 51.2 Å². The fourth-order valence-electron chi connectivity index (χ4n) is 4.55. The average molecular weight is 448 g/mol. The highest BCUT2D eigenvalue weighted by Gasteiger charge is 2.15. The molecule has 0 bridgehead atoms. The van der Waals surface area contributed by atoms with Crippen LogP contribution in [-0.2, 0) is 6.54 Å². The minimum Gasteiger partial charge on any atom is -0.352 e. The van der Waals surface area contributed by atoms with Crippen molar-refractivity contribution >= 4 is 22.5 Å². The molecule has 8 heteroatoms. The van der Waals surface area contributed by atoms with E-state index in [0.717, 1.165) is 26.1 Å². The van der Waals surface area contributed by atoms with E-state index in [1.165, 1.54) is 25.0 Å². The lowest BCUT2D eigenvalue weighted by Gasteiger charge is -2.15. The third kappa shape index (κ3) is 4.39. The molecule has 0 radical (unpaired) electrons. The first-order valence-corrected chi connectivity index (χ1v) is 11.4. The summed E-state index contributed by atoms with van der Waals surface area (Å²) in [4.78, 5) is 28.4. The Morgan fingerprint density at radius 3 is 2.70 bits per heavy atom. The van der Waals surface area contributed by atoms with Crippen LogP contribution in [0.3, 0.4) is 0 Å². The molecule has 0 saturated carbocycles. The van der Waals surface area contributed by atoms with Crippen molar-refractivity contribution in [2.45, 2.75) is 25.8 Å². The van der Waals surface area contributed by atoms with Gasteiger partial charge in [-0.05, 0) is 80.9 Å². The molecule has 3 heterocycles. The van der Waals surface area contributed by atoms with Crippen LogP contribution in [0.1, 0.15) is 35.2 Å². The summed E-state index contributed by atoms with van der Waals surface area (Å²) in [5, 5.41) is 7.27. The summed E-state index contributed by atoms with van der Waals surface area (Å²) >= 11 is 0. The second kappa shape index (κ2) is 9.15. The predicted octanol–water partition coefficient (Wildman–Crippen LogP) is 3.05. The van der Waals surface area contributed by atoms with Gasteiger partial charge in [-0.1, -0.05) is 12.1 Å². The van der Waals surface area contributed by atoms with E-state index in [4.69, 9.17) is 0 Å². The Morgan fingerprint density at radius 1 is 1.03 bits per heavy atom. The maximum atomic E-state index is 13.7. The van der Waals surface area contributed by atoms with Gasteiger partial charge in [0.25, 0.3) is 11.5 Å². The molecule has 2 aromatic heterocycles. The van der Waals surface area contributed by atoms with Gasteiger partial charge >= 0.3 is 0 Å². The van der Waals surface area contributed by atoms with Crippen LogP contribution in [0.25, 0.3) is 16.6 Å². The van der Waals surface area contributed by atoms with E-state index in [-0.39, 0.29) is 23.8 Å². The second-order valence-corrected chi connectivity index (χ2v) is 8.51. The van der Waals surface area contributed by atoms with E-state index >= 15 is 0 Å². The SMILES string of the molecule is O=C(NCCCN1CCCC1)c1ccc2c(c1)n(Cc1cccc(F)c1)c(=O)c1ccnn12. The number of carbonyl (C=O) groups excluding carboxylic acids is 1. The number of carbonyl (C=O) groups is 1. The molecule has 0 spiro atoms. The zero-order valence-corrected chi connectivity index (χ0v) is 18.3. The summed E-state index contributed by atoms with van der Waals surface area (Å²) in [6.07, 6.45) is 4.98. The molecule has 170 valence electrons. The van der Waals surface area contributed by atoms with Crippen molar-refractivity contribution in [3.05, 3.63) is 82.0 Å². The summed E-state index contributed by atoms with van der Waals surface area (Å²) < 4.78 is 16.9. The van der Waals surface area contributed by atoms with Gasteiger partial charge in [0.1, 0.15) is 11.3 Å². The number of rotatable bonds is 7. The van der Waals surface area contributed by atoms with Gasteiger partial charge in [0.2, 0.25) is 0 Å². The molecule has 33 heavy (non-hydrogen) atoms. The molecule has 2 aromatic carbocycles. The second-order valence-electron chi connectivity index (χ2n) is 8.51. The van der Waals surface area contributed by atoms with Crippen molar-refractivity contribution in [2.24, 2.45) is 0 Å². The number of nitrogens with one attached hydrogen (secondary N) is 1. The highest BCUT2D eigenvalue weighted by molar-refractivity contribution is 5.97. The van der Waals surface area contributed by atoms with Gasteiger partial charge in [-0.15, -0.1) is 0 Å². The number of hydrogen-bond acceptors (Lipinski definition) is 4. The van der Waals surface area contributed by atoms with Crippen LogP contribution < -0.4 is 10.9 Å². The Hall–Kier alpha value is -3.52. The highest BCUT2D eigenvalue weighted by Crippen LogP contribution is 2.18. The van der Waals surface area contributed by atoms with Crippen LogP contribution in [0.4, 0.5) is 4.39 Å². The van der Waals surface area contributed by atoms with Crippen molar-refractivity contribution in [3.8, 4) is 0 Å². The Morgan fingerprint density at radius 2 is 1.88 bits per heavy atom. The summed E-state index contributed by atoms with van der Waals surface area (Å²) in [5.41, 5.74) is 2.61. The molecule has 0 atom stereocenters. The summed E-state index contributed by atoms with van der Waals surface area (Å²) in [5.74, 6) is -0.534. The minimum atomic E-state index is -0.357. The van der Waals surface area contributed by atoms with Crippen LogP contribution in [0.15, 0.2) is 59.5 Å². The molecule has 1 aliphatic heterocycles. The number of nitrogens with zero attached hydrogens (tertiary/aromatic N) is 4. The number of halogens is 1. The lowest BCUT2D eigenvalue weighted by Crippen LogP contribution is -2.29. The normalized spacial score (nSPS) is 14.3. The first-order chi connectivity index (χ1) is 16.1. The summed E-state index contributed by atoms with van der Waals surface area (Å²) in [6.45, 7) is 4.06. The molecule has 1 aliphatic rings. The first kappa shape index (κ1) is 21.3. The lowest BCUT2D eigenvalue weighted by molar-refractivity contribution is 0.0952. The van der Waals surface area contributed by atoms with E-state index in [0.29, 0.717) is 34.2 Å². The minimum absolute atomic E-state index is 0.177. The van der Waals surface area contributed by atoms with Gasteiger partial charge < -0.3 is 14.8 Å². The van der Waals surface area contributed by atoms with Crippen molar-refractivity contribution in [3.63, 3.8) is 0 Å². The van der Waals surface area contributed by atoms with Gasteiger partial charge in [0.05, 0.1) is 23.8 Å². The number of aromatic nitrogens is 3. The molecule has 1 amide bonds. The van der Waals surface area contributed by atoms with Gasteiger partial charge in [-0.3, -0.25) is 9.59 Å². The van der Waals surface area contributed by atoms with E-state index in [9.17, 15) is 14.0 Å². The molecule has 5 rings (SSSR count). The first-order valence-electron chi connectivity index (χ1n) is 11.4. The zero-order chi connectivity index (χ0) is 22.8. The van der Waals surface area contributed by atoms with Crippen LogP contribution in [0.2, 0.25) is 0 Å². The quantitative estimate of drug-likeness (QED) is 0.442. The molecule has 4 aromatic rings. The number of likely N-dealkylation sites (tertiary alicyclic amines) is 1. The Labute approximate surface area is 190 Å². The Bertz CT molecular complexity index is 1370. The van der Waals surface area contributed by atoms with Crippen LogP contribution >= 0.6 is 0 Å². The molecular formula is C25H26FN5O2. The van der Waals surface area contributed by atoms with Gasteiger partial charge in [0, 0.05) is 12.1 Å². The van der Waals surface area contributed by atoms with E-state index in [1.54, 1.807) is 51.7 Å². The van der Waals surface area contributed by atoms with Gasteiger partial charge in [-0.25, -0.2) is 8.91 Å². The number of hydrogen-bond donors (Lipinski definition) is 1. The number of benzene rings is 2. The third-order valence-corrected chi connectivity index (χ3v) is 6.23. The van der Waals surface area contributed by atoms with E-state index < -0.39 is 0 Å². The van der Waals surface area contributed by atoms with Crippen molar-refractivity contribution < 1.29 is 9.18 Å². The van der Waals surface area contributed by atoms with Gasteiger partial charge in [-0.2, -0.15) is 5.10 Å². The number of fused-ring (bicyclic) bond motifs is 3. The summed E-state index contributed by atoms with van der Waals surface area (Å²) in [7, 11) is 0. The van der Waals surface area contributed by atoms with Gasteiger partial charge in [0.15, 0.2) is 0 Å².